The highest BCUT2D eigenvalue weighted by Crippen LogP contribution is 2.00. The number of benzene rings is 1. The van der Waals surface area contributed by atoms with Crippen LogP contribution in [0.15, 0.2) is 55.1 Å². The Balaban J connectivity index is 0.000000225. The first-order valence-electron chi connectivity index (χ1n) is 5.14. The van der Waals surface area contributed by atoms with Crippen molar-refractivity contribution in [2.75, 3.05) is 7.11 Å². The Morgan fingerprint density at radius 1 is 1.11 bits per heavy atom. The molecule has 94 valence electrons. The second kappa shape index (κ2) is 7.88. The zero-order valence-electron chi connectivity index (χ0n) is 9.93. The number of rotatable bonds is 2. The van der Waals surface area contributed by atoms with Crippen LogP contribution in [0.3, 0.4) is 0 Å². The van der Waals surface area contributed by atoms with Gasteiger partial charge in [-0.15, -0.1) is 5.17 Å². The maximum atomic E-state index is 11.3. The normalized spacial score (nSPS) is 9.00. The second-order valence-corrected chi connectivity index (χ2v) is 3.07. The molecule has 6 heteroatoms. The molecule has 0 saturated carbocycles. The van der Waals surface area contributed by atoms with E-state index in [9.17, 15) is 4.79 Å². The van der Waals surface area contributed by atoms with Crippen molar-refractivity contribution in [2.24, 2.45) is 5.84 Å². The van der Waals surface area contributed by atoms with Gasteiger partial charge in [0.25, 0.3) is 5.91 Å². The first-order chi connectivity index (χ1) is 8.75. The van der Waals surface area contributed by atoms with Crippen molar-refractivity contribution >= 4 is 5.91 Å². The van der Waals surface area contributed by atoms with Gasteiger partial charge in [0.05, 0.1) is 7.11 Å². The van der Waals surface area contributed by atoms with Crippen LogP contribution >= 0.6 is 0 Å². The summed E-state index contributed by atoms with van der Waals surface area (Å²) in [5.74, 6) is 4.85. The first kappa shape index (κ1) is 13.8. The number of hydrogen-bond acceptors (Lipinski definition) is 5. The maximum absolute atomic E-state index is 11.3. The number of carbonyl (C=O) groups excluding carboxylic acids is 1. The van der Waals surface area contributed by atoms with Gasteiger partial charge < -0.3 is 0 Å². The van der Waals surface area contributed by atoms with E-state index >= 15 is 0 Å². The third-order valence-electron chi connectivity index (χ3n) is 1.90. The minimum Gasteiger partial charge on any atom is -0.265 e. The highest BCUT2D eigenvalue weighted by Gasteiger charge is 2.09. The average Bonchev–Trinajstić information content (AvgIpc) is 2.49. The molecule has 2 rings (SSSR count). The van der Waals surface area contributed by atoms with Gasteiger partial charge in [0.1, 0.15) is 0 Å². The Morgan fingerprint density at radius 2 is 1.61 bits per heavy atom. The first-order valence-corrected chi connectivity index (χ1v) is 5.14. The number of amides is 1. The quantitative estimate of drug-likeness (QED) is 0.486. The Hall–Kier alpha value is -2.31. The predicted molar refractivity (Wildman–Crippen MR) is 65.8 cm³/mol. The van der Waals surface area contributed by atoms with Crippen molar-refractivity contribution in [1.29, 1.82) is 0 Å². The standard InChI is InChI=1S/C8H10N2O2.C4H4N2/c1-12-10(9)8(11)7-5-3-2-4-6-7;1-2-6-4-3-5-1/h2-6H,9H2,1H3;1-4H. The van der Waals surface area contributed by atoms with E-state index in [0.29, 0.717) is 10.7 Å². The van der Waals surface area contributed by atoms with Crippen LogP contribution < -0.4 is 5.84 Å². The van der Waals surface area contributed by atoms with E-state index in [1.165, 1.54) is 7.11 Å². The average molecular weight is 246 g/mol. The summed E-state index contributed by atoms with van der Waals surface area (Å²) in [6, 6.07) is 8.68. The number of hydrogen-bond donors (Lipinski definition) is 1. The fourth-order valence-electron chi connectivity index (χ4n) is 1.04. The lowest BCUT2D eigenvalue weighted by molar-refractivity contribution is -0.0969. The number of nitrogens with two attached hydrogens (primary N) is 1. The molecule has 0 saturated heterocycles. The highest BCUT2D eigenvalue weighted by atomic mass is 16.7. The van der Waals surface area contributed by atoms with Crippen molar-refractivity contribution in [3.8, 4) is 0 Å². The second-order valence-electron chi connectivity index (χ2n) is 3.07. The van der Waals surface area contributed by atoms with Gasteiger partial charge in [-0.1, -0.05) is 18.2 Å². The summed E-state index contributed by atoms with van der Waals surface area (Å²) in [5.41, 5.74) is 0.502. The Labute approximate surface area is 105 Å². The van der Waals surface area contributed by atoms with E-state index in [0.717, 1.165) is 0 Å². The summed E-state index contributed by atoms with van der Waals surface area (Å²) in [4.78, 5) is 23.2. The molecule has 0 unspecified atom stereocenters. The zero-order chi connectivity index (χ0) is 13.2. The number of aromatic nitrogens is 2. The Kier molecular flexibility index (Phi) is 6.02. The largest absolute Gasteiger partial charge is 0.292 e. The van der Waals surface area contributed by atoms with Gasteiger partial charge in [-0.25, -0.2) is 5.84 Å². The number of carbonyl (C=O) groups is 1. The molecule has 1 aromatic heterocycles. The molecule has 0 aliphatic heterocycles. The van der Waals surface area contributed by atoms with E-state index in [4.69, 9.17) is 5.84 Å². The molecule has 2 N–H and O–H groups in total. The lowest BCUT2D eigenvalue weighted by atomic mass is 10.2. The van der Waals surface area contributed by atoms with Gasteiger partial charge in [0.15, 0.2) is 0 Å². The monoisotopic (exact) mass is 246 g/mol. The van der Waals surface area contributed by atoms with Crippen LogP contribution in [-0.2, 0) is 4.84 Å². The van der Waals surface area contributed by atoms with E-state index < -0.39 is 0 Å². The fourth-order valence-corrected chi connectivity index (χ4v) is 1.04. The molecule has 1 heterocycles. The smallest absolute Gasteiger partial charge is 0.265 e. The number of nitrogens with zero attached hydrogens (tertiary/aromatic N) is 3. The molecule has 2 aromatic rings. The molecule has 0 aliphatic rings. The third-order valence-corrected chi connectivity index (χ3v) is 1.90. The van der Waals surface area contributed by atoms with Gasteiger partial charge in [0.2, 0.25) is 0 Å². The van der Waals surface area contributed by atoms with Crippen LogP contribution in [-0.4, -0.2) is 28.2 Å². The molecule has 0 bridgehead atoms. The van der Waals surface area contributed by atoms with Gasteiger partial charge in [-0.05, 0) is 12.1 Å². The van der Waals surface area contributed by atoms with Gasteiger partial charge in [0, 0.05) is 30.4 Å². The van der Waals surface area contributed by atoms with Crippen molar-refractivity contribution in [3.05, 3.63) is 60.7 Å². The third kappa shape index (κ3) is 4.69. The SMILES string of the molecule is CON(N)C(=O)c1ccccc1.c1cnccn1. The fraction of sp³-hybridized carbons (Fsp3) is 0.0833. The molecule has 18 heavy (non-hydrogen) atoms. The minimum absolute atomic E-state index is 0.363. The Bertz CT molecular complexity index is 423. The van der Waals surface area contributed by atoms with Crippen molar-refractivity contribution in [1.82, 2.24) is 15.1 Å². The molecular weight excluding hydrogens is 232 g/mol. The highest BCUT2D eigenvalue weighted by molar-refractivity contribution is 5.92. The zero-order valence-corrected chi connectivity index (χ0v) is 9.93. The summed E-state index contributed by atoms with van der Waals surface area (Å²) in [5, 5.41) is 0.690. The van der Waals surface area contributed by atoms with E-state index in [1.807, 2.05) is 6.07 Å². The number of hydroxylamine groups is 1. The van der Waals surface area contributed by atoms with Gasteiger partial charge >= 0.3 is 0 Å². The van der Waals surface area contributed by atoms with Crippen molar-refractivity contribution in [3.63, 3.8) is 0 Å². The summed E-state index contributed by atoms with van der Waals surface area (Å²) < 4.78 is 0. The minimum atomic E-state index is -0.363. The van der Waals surface area contributed by atoms with Crippen LogP contribution in [0, 0.1) is 0 Å². The molecular formula is C12H14N4O2. The summed E-state index contributed by atoms with van der Waals surface area (Å²) in [6.45, 7) is 0. The predicted octanol–water partition coefficient (Wildman–Crippen LogP) is 1.04. The van der Waals surface area contributed by atoms with Gasteiger partial charge in [-0.2, -0.15) is 0 Å². The molecule has 0 fully saturated rings. The van der Waals surface area contributed by atoms with E-state index in [2.05, 4.69) is 14.8 Å². The molecule has 1 aromatic carbocycles. The summed E-state index contributed by atoms with van der Waals surface area (Å²) >= 11 is 0. The van der Waals surface area contributed by atoms with Crippen molar-refractivity contribution < 1.29 is 9.63 Å². The molecule has 0 radical (unpaired) electrons. The van der Waals surface area contributed by atoms with Crippen LogP contribution in [0.25, 0.3) is 0 Å². The van der Waals surface area contributed by atoms with Crippen molar-refractivity contribution in [2.45, 2.75) is 0 Å². The van der Waals surface area contributed by atoms with Crippen LogP contribution in [0.4, 0.5) is 0 Å². The molecule has 0 spiro atoms. The topological polar surface area (TPSA) is 81.3 Å². The molecule has 0 atom stereocenters. The van der Waals surface area contributed by atoms with E-state index in [-0.39, 0.29) is 5.91 Å². The van der Waals surface area contributed by atoms with Crippen LogP contribution in [0.2, 0.25) is 0 Å². The summed E-state index contributed by atoms with van der Waals surface area (Å²) in [6.07, 6.45) is 6.56. The molecule has 6 nitrogen and oxygen atoms in total. The molecule has 0 aliphatic carbocycles. The summed E-state index contributed by atoms with van der Waals surface area (Å²) in [7, 11) is 1.33. The Morgan fingerprint density at radius 3 is 2.00 bits per heavy atom. The van der Waals surface area contributed by atoms with Crippen LogP contribution in [0.5, 0.6) is 0 Å². The number of hydrazine groups is 1. The van der Waals surface area contributed by atoms with Crippen LogP contribution in [0.1, 0.15) is 10.4 Å². The lowest BCUT2D eigenvalue weighted by Crippen LogP contribution is -2.36. The maximum Gasteiger partial charge on any atom is 0.292 e. The van der Waals surface area contributed by atoms with E-state index in [1.54, 1.807) is 49.1 Å². The van der Waals surface area contributed by atoms with Gasteiger partial charge in [-0.3, -0.25) is 19.6 Å². The molecule has 1 amide bonds. The lowest BCUT2D eigenvalue weighted by Gasteiger charge is -2.11.